The second-order valence-electron chi connectivity index (χ2n) is 4.46. The van der Waals surface area contributed by atoms with E-state index in [9.17, 15) is 5.11 Å². The highest BCUT2D eigenvalue weighted by atomic mass is 16.3. The third kappa shape index (κ3) is 0.873. The molecule has 0 aromatic carbocycles. The van der Waals surface area contributed by atoms with Gasteiger partial charge in [-0.2, -0.15) is 0 Å². The molecular weight excluding hydrogens is 152 g/mol. The van der Waals surface area contributed by atoms with E-state index in [1.54, 1.807) is 0 Å². The van der Waals surface area contributed by atoms with Crippen LogP contribution in [0.5, 0.6) is 0 Å². The molecule has 0 unspecified atom stereocenters. The fourth-order valence-corrected chi connectivity index (χ4v) is 3.25. The molecule has 3 rings (SSSR count). The minimum Gasteiger partial charge on any atom is -0.392 e. The van der Waals surface area contributed by atoms with Gasteiger partial charge in [0.1, 0.15) is 0 Å². The van der Waals surface area contributed by atoms with Gasteiger partial charge < -0.3 is 10.4 Å². The molecule has 0 bridgehead atoms. The smallest absolute Gasteiger partial charge is 0.0682 e. The minimum absolute atomic E-state index is 0.0449. The van der Waals surface area contributed by atoms with Crippen LogP contribution in [-0.2, 0) is 0 Å². The lowest BCUT2D eigenvalue weighted by Crippen LogP contribution is -2.36. The summed E-state index contributed by atoms with van der Waals surface area (Å²) in [6.07, 6.45) is 2.29. The van der Waals surface area contributed by atoms with E-state index in [0.29, 0.717) is 6.04 Å². The summed E-state index contributed by atoms with van der Waals surface area (Å²) in [5.74, 6) is 0.877. The van der Waals surface area contributed by atoms with Crippen LogP contribution in [0.25, 0.3) is 0 Å². The molecule has 0 aromatic rings. The van der Waals surface area contributed by atoms with Crippen molar-refractivity contribution in [3.05, 3.63) is 0 Å². The van der Waals surface area contributed by atoms with Crippen LogP contribution >= 0.6 is 0 Å². The normalized spacial score (nSPS) is 52.8. The molecule has 0 saturated carbocycles. The van der Waals surface area contributed by atoms with E-state index in [4.69, 9.17) is 0 Å². The average molecular weight is 168 g/mol. The highest BCUT2D eigenvalue weighted by molar-refractivity contribution is 5.03. The van der Waals surface area contributed by atoms with E-state index in [1.807, 2.05) is 0 Å². The van der Waals surface area contributed by atoms with Crippen molar-refractivity contribution < 1.29 is 5.11 Å². The van der Waals surface area contributed by atoms with Gasteiger partial charge in [0.05, 0.1) is 6.10 Å². The Morgan fingerprint density at radius 1 is 1.25 bits per heavy atom. The Labute approximate surface area is 72.7 Å². The lowest BCUT2D eigenvalue weighted by atomic mass is 10.00. The maximum Gasteiger partial charge on any atom is 0.0682 e. The van der Waals surface area contributed by atoms with Crippen LogP contribution in [0.3, 0.4) is 0 Å². The molecule has 3 heteroatoms. The largest absolute Gasteiger partial charge is 0.392 e. The van der Waals surface area contributed by atoms with Gasteiger partial charge in [-0.3, -0.25) is 4.90 Å². The summed E-state index contributed by atoms with van der Waals surface area (Å²) in [6.45, 7) is 3.27. The van der Waals surface area contributed by atoms with Crippen LogP contribution in [0.2, 0.25) is 0 Å². The Kier molecular flexibility index (Phi) is 1.48. The quantitative estimate of drug-likeness (QED) is 0.507. The van der Waals surface area contributed by atoms with Crippen molar-refractivity contribution in [1.29, 1.82) is 0 Å². The van der Waals surface area contributed by atoms with Crippen molar-refractivity contribution in [3.8, 4) is 0 Å². The van der Waals surface area contributed by atoms with Gasteiger partial charge in [0.2, 0.25) is 0 Å². The Morgan fingerprint density at radius 3 is 3.08 bits per heavy atom. The molecule has 0 amide bonds. The number of rotatable bonds is 0. The van der Waals surface area contributed by atoms with E-state index >= 15 is 0 Å². The first kappa shape index (κ1) is 7.30. The average Bonchev–Trinajstić information content (AvgIpc) is 2.59. The van der Waals surface area contributed by atoms with Crippen LogP contribution < -0.4 is 5.32 Å². The van der Waals surface area contributed by atoms with Crippen LogP contribution in [0.1, 0.15) is 12.8 Å². The number of nitrogens with one attached hydrogen (secondary N) is 1. The maximum absolute atomic E-state index is 9.49. The molecular formula is C9H16N2O. The van der Waals surface area contributed by atoms with Gasteiger partial charge in [0.25, 0.3) is 0 Å². The van der Waals surface area contributed by atoms with Crippen molar-refractivity contribution in [2.24, 2.45) is 5.92 Å². The summed E-state index contributed by atoms with van der Waals surface area (Å²) in [6, 6.07) is 1.45. The van der Waals surface area contributed by atoms with Gasteiger partial charge in [-0.25, -0.2) is 0 Å². The first-order chi connectivity index (χ1) is 5.84. The fraction of sp³-hybridized carbons (Fsp3) is 1.00. The number of aliphatic hydroxyl groups excluding tert-OH is 1. The van der Waals surface area contributed by atoms with Crippen molar-refractivity contribution in [2.45, 2.75) is 31.0 Å². The predicted molar refractivity (Wildman–Crippen MR) is 45.9 cm³/mol. The Balaban J connectivity index is 1.80. The van der Waals surface area contributed by atoms with Crippen LogP contribution in [-0.4, -0.2) is 47.8 Å². The summed E-state index contributed by atoms with van der Waals surface area (Å²) >= 11 is 0. The zero-order valence-electron chi connectivity index (χ0n) is 7.24. The van der Waals surface area contributed by atoms with Crippen molar-refractivity contribution in [2.75, 3.05) is 19.6 Å². The molecule has 0 radical (unpaired) electrons. The Morgan fingerprint density at radius 2 is 2.17 bits per heavy atom. The molecule has 3 aliphatic heterocycles. The molecule has 3 fully saturated rings. The zero-order chi connectivity index (χ0) is 8.13. The number of fused-ring (bicyclic) bond motifs is 3. The third-order valence-electron chi connectivity index (χ3n) is 3.74. The van der Waals surface area contributed by atoms with E-state index in [2.05, 4.69) is 10.2 Å². The monoisotopic (exact) mass is 168 g/mol. The number of hydrogen-bond acceptors (Lipinski definition) is 3. The second kappa shape index (κ2) is 2.44. The van der Waals surface area contributed by atoms with Crippen molar-refractivity contribution in [3.63, 3.8) is 0 Å². The molecule has 4 atom stereocenters. The predicted octanol–water partition coefficient (Wildman–Crippen LogP) is -0.587. The summed E-state index contributed by atoms with van der Waals surface area (Å²) in [5.41, 5.74) is 0. The Bertz CT molecular complexity index is 197. The first-order valence-electron chi connectivity index (χ1n) is 4.99. The van der Waals surface area contributed by atoms with E-state index in [0.717, 1.165) is 31.5 Å². The SMILES string of the molecule is O[C@@H]1C[C@@H]2C[C@@H]3CNC[C@@H]3N2C1. The first-order valence-corrected chi connectivity index (χ1v) is 4.99. The van der Waals surface area contributed by atoms with Crippen molar-refractivity contribution in [1.82, 2.24) is 10.2 Å². The van der Waals surface area contributed by atoms with Gasteiger partial charge in [0, 0.05) is 25.2 Å². The van der Waals surface area contributed by atoms with Gasteiger partial charge in [-0.1, -0.05) is 0 Å². The van der Waals surface area contributed by atoms with Crippen molar-refractivity contribution >= 4 is 0 Å². The van der Waals surface area contributed by atoms with Gasteiger partial charge in [-0.15, -0.1) is 0 Å². The van der Waals surface area contributed by atoms with Gasteiger partial charge >= 0.3 is 0 Å². The molecule has 3 heterocycles. The molecule has 0 aromatic heterocycles. The molecule has 68 valence electrons. The van der Waals surface area contributed by atoms with E-state index in [1.165, 1.54) is 13.0 Å². The lowest BCUT2D eigenvalue weighted by Gasteiger charge is -2.21. The standard InChI is InChI=1S/C9H16N2O/c12-8-2-7-1-6-3-10-4-9(6)11(7)5-8/h6-10,12H,1-5H2/t6-,7+,8-,9+/m1/s1. The zero-order valence-corrected chi connectivity index (χ0v) is 7.24. The molecule has 12 heavy (non-hydrogen) atoms. The molecule has 2 N–H and O–H groups in total. The summed E-state index contributed by atoms with van der Waals surface area (Å²) in [7, 11) is 0. The number of hydrogen-bond donors (Lipinski definition) is 2. The summed E-state index contributed by atoms with van der Waals surface area (Å²) < 4.78 is 0. The van der Waals surface area contributed by atoms with Gasteiger partial charge in [0.15, 0.2) is 0 Å². The van der Waals surface area contributed by atoms with Crippen LogP contribution in [0, 0.1) is 5.92 Å². The molecule has 3 aliphatic rings. The molecule has 0 spiro atoms. The molecule has 0 aliphatic carbocycles. The molecule has 3 nitrogen and oxygen atoms in total. The van der Waals surface area contributed by atoms with Gasteiger partial charge in [-0.05, 0) is 25.3 Å². The fourth-order valence-electron chi connectivity index (χ4n) is 3.25. The second-order valence-corrected chi connectivity index (χ2v) is 4.46. The van der Waals surface area contributed by atoms with E-state index in [-0.39, 0.29) is 6.10 Å². The summed E-state index contributed by atoms with van der Waals surface area (Å²) in [5, 5.41) is 12.9. The lowest BCUT2D eigenvalue weighted by molar-refractivity contribution is 0.161. The highest BCUT2D eigenvalue weighted by Crippen LogP contribution is 2.38. The topological polar surface area (TPSA) is 35.5 Å². The number of nitrogens with zero attached hydrogens (tertiary/aromatic N) is 1. The highest BCUT2D eigenvalue weighted by Gasteiger charge is 2.47. The molecule has 3 saturated heterocycles. The summed E-state index contributed by atoms with van der Waals surface area (Å²) in [4.78, 5) is 2.52. The third-order valence-corrected chi connectivity index (χ3v) is 3.74. The minimum atomic E-state index is -0.0449. The Hall–Kier alpha value is -0.120. The van der Waals surface area contributed by atoms with Crippen LogP contribution in [0.4, 0.5) is 0 Å². The van der Waals surface area contributed by atoms with Crippen LogP contribution in [0.15, 0.2) is 0 Å². The maximum atomic E-state index is 9.49. The number of aliphatic hydroxyl groups is 1. The van der Waals surface area contributed by atoms with E-state index < -0.39 is 0 Å².